The molecule has 0 bridgehead atoms. The lowest BCUT2D eigenvalue weighted by Crippen LogP contribution is -2.35. The number of rotatable bonds is 4. The number of carbonyl (C=O) groups excluding carboxylic acids is 1. The molecule has 0 spiro atoms. The quantitative estimate of drug-likeness (QED) is 0.867. The number of unbranched alkanes of at least 4 members (excludes halogenated alkanes) is 1. The van der Waals surface area contributed by atoms with Gasteiger partial charge in [0.25, 0.3) is 0 Å². The topological polar surface area (TPSA) is 46.3 Å². The Morgan fingerprint density at radius 3 is 2.86 bits per heavy atom. The van der Waals surface area contributed by atoms with Crippen LogP contribution in [0.2, 0.25) is 0 Å². The highest BCUT2D eigenvalue weighted by atomic mass is 19.1. The van der Waals surface area contributed by atoms with Gasteiger partial charge in [-0.15, -0.1) is 0 Å². The van der Waals surface area contributed by atoms with Crippen molar-refractivity contribution >= 4 is 5.91 Å². The second kappa shape index (κ2) is 6.30. The molecular weight excluding hydrogens is 283 g/mol. The number of carbonyl (C=O) groups is 1. The summed E-state index contributed by atoms with van der Waals surface area (Å²) in [6.07, 6.45) is 3.22. The first kappa shape index (κ1) is 14.8. The number of hydrogen-bond donors (Lipinski definition) is 0. The van der Waals surface area contributed by atoms with E-state index in [1.54, 1.807) is 12.1 Å². The van der Waals surface area contributed by atoms with Gasteiger partial charge in [0.05, 0.1) is 12.2 Å². The van der Waals surface area contributed by atoms with Crippen molar-refractivity contribution < 1.29 is 13.7 Å². The Morgan fingerprint density at radius 1 is 1.36 bits per heavy atom. The zero-order valence-electron chi connectivity index (χ0n) is 12.6. The molecule has 0 aliphatic carbocycles. The Hall–Kier alpha value is -2.17. The molecule has 22 heavy (non-hydrogen) atoms. The summed E-state index contributed by atoms with van der Waals surface area (Å²) in [5, 5.41) is 4.10. The molecule has 0 saturated heterocycles. The summed E-state index contributed by atoms with van der Waals surface area (Å²) < 4.78 is 18.5. The zero-order chi connectivity index (χ0) is 15.5. The minimum Gasteiger partial charge on any atom is -0.356 e. The van der Waals surface area contributed by atoms with Gasteiger partial charge in [-0.05, 0) is 30.7 Å². The van der Waals surface area contributed by atoms with Crippen molar-refractivity contribution in [1.82, 2.24) is 10.1 Å². The van der Waals surface area contributed by atoms with Crippen LogP contribution < -0.4 is 0 Å². The summed E-state index contributed by atoms with van der Waals surface area (Å²) in [5.41, 5.74) is 2.64. The third kappa shape index (κ3) is 2.89. The molecule has 1 aliphatic heterocycles. The summed E-state index contributed by atoms with van der Waals surface area (Å²) >= 11 is 0. The van der Waals surface area contributed by atoms with Gasteiger partial charge in [-0.25, -0.2) is 4.39 Å². The maximum absolute atomic E-state index is 13.1. The third-order valence-corrected chi connectivity index (χ3v) is 4.04. The molecule has 2 aromatic rings. The van der Waals surface area contributed by atoms with Crippen LogP contribution in [0.4, 0.5) is 4.39 Å². The maximum Gasteiger partial charge on any atom is 0.222 e. The normalized spacial score (nSPS) is 14.0. The first-order valence-corrected chi connectivity index (χ1v) is 7.70. The molecule has 5 heteroatoms. The molecular formula is C17H19FN2O2. The average molecular weight is 302 g/mol. The summed E-state index contributed by atoms with van der Waals surface area (Å²) in [7, 11) is 0. The van der Waals surface area contributed by atoms with Crippen LogP contribution in [0, 0.1) is 5.82 Å². The minimum absolute atomic E-state index is 0.179. The van der Waals surface area contributed by atoms with Gasteiger partial charge in [0.15, 0.2) is 5.76 Å². The largest absolute Gasteiger partial charge is 0.356 e. The number of fused-ring (bicyclic) bond motifs is 1. The molecule has 4 nitrogen and oxygen atoms in total. The summed E-state index contributed by atoms with van der Waals surface area (Å²) in [5.74, 6) is 0.537. The molecule has 0 fully saturated rings. The van der Waals surface area contributed by atoms with Crippen LogP contribution >= 0.6 is 0 Å². The van der Waals surface area contributed by atoms with Crippen molar-refractivity contribution in [3.8, 4) is 11.3 Å². The van der Waals surface area contributed by atoms with Crippen LogP contribution in [0.15, 0.2) is 28.8 Å². The fourth-order valence-electron chi connectivity index (χ4n) is 2.74. The fourth-order valence-corrected chi connectivity index (χ4v) is 2.74. The maximum atomic E-state index is 13.1. The molecule has 1 aromatic heterocycles. The summed E-state index contributed by atoms with van der Waals surface area (Å²) in [6, 6.07) is 6.15. The van der Waals surface area contributed by atoms with Gasteiger partial charge in [0.2, 0.25) is 5.91 Å². The average Bonchev–Trinajstić information content (AvgIpc) is 2.96. The fraction of sp³-hybridized carbons (Fsp3) is 0.412. The van der Waals surface area contributed by atoms with Gasteiger partial charge in [-0.3, -0.25) is 4.79 Å². The Morgan fingerprint density at radius 2 is 2.14 bits per heavy atom. The number of nitrogens with zero attached hydrogens (tertiary/aromatic N) is 2. The predicted octanol–water partition coefficient (Wildman–Crippen LogP) is 3.56. The van der Waals surface area contributed by atoms with Crippen LogP contribution in [0.3, 0.4) is 0 Å². The van der Waals surface area contributed by atoms with Gasteiger partial charge < -0.3 is 9.42 Å². The van der Waals surface area contributed by atoms with E-state index in [1.807, 2.05) is 4.90 Å². The van der Waals surface area contributed by atoms with E-state index in [4.69, 9.17) is 4.52 Å². The number of aromatic nitrogens is 1. The summed E-state index contributed by atoms with van der Waals surface area (Å²) in [4.78, 5) is 14.1. The molecule has 2 heterocycles. The second-order valence-corrected chi connectivity index (χ2v) is 5.61. The van der Waals surface area contributed by atoms with Crippen molar-refractivity contribution in [1.29, 1.82) is 0 Å². The van der Waals surface area contributed by atoms with Crippen molar-refractivity contribution in [2.75, 3.05) is 6.54 Å². The standard InChI is InChI=1S/C17H19FN2O2/c1-2-3-4-16(21)20-10-9-15-14(11-20)17(22-19-15)12-5-7-13(18)8-6-12/h5-8H,2-4,9-11H2,1H3. The van der Waals surface area contributed by atoms with E-state index in [0.29, 0.717) is 31.7 Å². The lowest BCUT2D eigenvalue weighted by Gasteiger charge is -2.26. The minimum atomic E-state index is -0.284. The lowest BCUT2D eigenvalue weighted by molar-refractivity contribution is -0.132. The van der Waals surface area contributed by atoms with Crippen LogP contribution in [0.25, 0.3) is 11.3 Å². The highest BCUT2D eigenvalue weighted by molar-refractivity contribution is 5.77. The molecule has 3 rings (SSSR count). The Kier molecular flexibility index (Phi) is 4.22. The van der Waals surface area contributed by atoms with Crippen molar-refractivity contribution in [2.24, 2.45) is 0 Å². The first-order chi connectivity index (χ1) is 10.7. The molecule has 116 valence electrons. The SMILES string of the molecule is CCCCC(=O)N1CCc2noc(-c3ccc(F)cc3)c2C1. The van der Waals surface area contributed by atoms with Gasteiger partial charge in [0, 0.05) is 30.5 Å². The molecule has 0 radical (unpaired) electrons. The highest BCUT2D eigenvalue weighted by Crippen LogP contribution is 2.30. The van der Waals surface area contributed by atoms with Crippen molar-refractivity contribution in [3.63, 3.8) is 0 Å². The highest BCUT2D eigenvalue weighted by Gasteiger charge is 2.27. The molecule has 0 unspecified atom stereocenters. The zero-order valence-corrected chi connectivity index (χ0v) is 12.6. The smallest absolute Gasteiger partial charge is 0.222 e. The number of amides is 1. The Labute approximate surface area is 128 Å². The van der Waals surface area contributed by atoms with E-state index in [0.717, 1.165) is 29.7 Å². The van der Waals surface area contributed by atoms with Gasteiger partial charge >= 0.3 is 0 Å². The van der Waals surface area contributed by atoms with E-state index in [-0.39, 0.29) is 11.7 Å². The van der Waals surface area contributed by atoms with E-state index in [2.05, 4.69) is 12.1 Å². The first-order valence-electron chi connectivity index (χ1n) is 7.70. The molecule has 0 saturated carbocycles. The van der Waals surface area contributed by atoms with Gasteiger partial charge in [-0.2, -0.15) is 0 Å². The van der Waals surface area contributed by atoms with Crippen molar-refractivity contribution in [3.05, 3.63) is 41.3 Å². The second-order valence-electron chi connectivity index (χ2n) is 5.61. The molecule has 0 N–H and O–H groups in total. The third-order valence-electron chi connectivity index (χ3n) is 4.04. The summed E-state index contributed by atoms with van der Waals surface area (Å²) in [6.45, 7) is 3.28. The molecule has 1 aromatic carbocycles. The van der Waals surface area contributed by atoms with E-state index in [1.165, 1.54) is 12.1 Å². The number of benzene rings is 1. The van der Waals surface area contributed by atoms with Crippen LogP contribution in [0.5, 0.6) is 0 Å². The number of hydrogen-bond acceptors (Lipinski definition) is 3. The van der Waals surface area contributed by atoms with E-state index >= 15 is 0 Å². The van der Waals surface area contributed by atoms with Crippen LogP contribution in [0.1, 0.15) is 37.4 Å². The molecule has 0 atom stereocenters. The molecule has 1 amide bonds. The predicted molar refractivity (Wildman–Crippen MR) is 80.5 cm³/mol. The Balaban J connectivity index is 1.82. The lowest BCUT2D eigenvalue weighted by atomic mass is 10.0. The van der Waals surface area contributed by atoms with Crippen LogP contribution in [-0.2, 0) is 17.8 Å². The van der Waals surface area contributed by atoms with Gasteiger partial charge in [0.1, 0.15) is 5.82 Å². The number of halogens is 1. The van der Waals surface area contributed by atoms with E-state index in [9.17, 15) is 9.18 Å². The monoisotopic (exact) mass is 302 g/mol. The van der Waals surface area contributed by atoms with E-state index < -0.39 is 0 Å². The Bertz CT molecular complexity index is 664. The van der Waals surface area contributed by atoms with Crippen LogP contribution in [-0.4, -0.2) is 22.5 Å². The van der Waals surface area contributed by atoms with Crippen molar-refractivity contribution in [2.45, 2.75) is 39.2 Å². The molecule has 1 aliphatic rings. The van der Waals surface area contributed by atoms with Gasteiger partial charge in [-0.1, -0.05) is 18.5 Å².